The van der Waals surface area contributed by atoms with Gasteiger partial charge in [0.15, 0.2) is 6.61 Å². The standard InChI is InChI=1S/C20H19ClN2O6/c1-12-4-3-5-13(2)20(12)22-18(25)8-9-19(26)29-11-17(24)14-6-7-15(21)16(10-14)23(27)28/h3-7,10H,8-9,11H2,1-2H3,(H,22,25). The number of nitrogens with one attached hydrogen (secondary N) is 1. The Morgan fingerprint density at radius 3 is 2.38 bits per heavy atom. The lowest BCUT2D eigenvalue weighted by Crippen LogP contribution is -2.18. The van der Waals surface area contributed by atoms with E-state index in [9.17, 15) is 24.5 Å². The van der Waals surface area contributed by atoms with Gasteiger partial charge in [0.2, 0.25) is 11.7 Å². The highest BCUT2D eigenvalue weighted by molar-refractivity contribution is 6.32. The number of aryl methyl sites for hydroxylation is 2. The van der Waals surface area contributed by atoms with Crippen LogP contribution in [0.15, 0.2) is 36.4 Å². The third-order valence-electron chi connectivity index (χ3n) is 4.13. The summed E-state index contributed by atoms with van der Waals surface area (Å²) < 4.78 is 4.87. The smallest absolute Gasteiger partial charge is 0.306 e. The molecule has 9 heteroatoms. The first-order valence-electron chi connectivity index (χ1n) is 8.68. The van der Waals surface area contributed by atoms with Crippen molar-refractivity contribution in [2.45, 2.75) is 26.7 Å². The van der Waals surface area contributed by atoms with Gasteiger partial charge in [0.05, 0.1) is 11.3 Å². The van der Waals surface area contributed by atoms with E-state index in [4.69, 9.17) is 16.3 Å². The van der Waals surface area contributed by atoms with E-state index in [0.717, 1.165) is 17.2 Å². The fourth-order valence-electron chi connectivity index (χ4n) is 2.56. The topological polar surface area (TPSA) is 116 Å². The second-order valence-electron chi connectivity index (χ2n) is 6.32. The number of rotatable bonds is 8. The second kappa shape index (κ2) is 9.79. The Bertz CT molecular complexity index is 953. The minimum atomic E-state index is -0.724. The molecule has 0 saturated carbocycles. The molecule has 0 spiro atoms. The number of hydrogen-bond donors (Lipinski definition) is 1. The van der Waals surface area contributed by atoms with Crippen LogP contribution in [-0.4, -0.2) is 29.2 Å². The first-order valence-corrected chi connectivity index (χ1v) is 9.05. The van der Waals surface area contributed by atoms with Gasteiger partial charge in [-0.2, -0.15) is 0 Å². The summed E-state index contributed by atoms with van der Waals surface area (Å²) in [6.45, 7) is 3.14. The highest BCUT2D eigenvalue weighted by atomic mass is 35.5. The second-order valence-corrected chi connectivity index (χ2v) is 6.73. The molecule has 0 aliphatic carbocycles. The normalized spacial score (nSPS) is 10.3. The van der Waals surface area contributed by atoms with Gasteiger partial charge in [0.1, 0.15) is 5.02 Å². The minimum Gasteiger partial charge on any atom is -0.457 e. The van der Waals surface area contributed by atoms with Gasteiger partial charge in [0.25, 0.3) is 5.69 Å². The van der Waals surface area contributed by atoms with E-state index in [1.165, 1.54) is 12.1 Å². The molecule has 0 unspecified atom stereocenters. The lowest BCUT2D eigenvalue weighted by Gasteiger charge is -2.11. The highest BCUT2D eigenvalue weighted by Crippen LogP contribution is 2.25. The summed E-state index contributed by atoms with van der Waals surface area (Å²) in [5.41, 5.74) is 2.10. The van der Waals surface area contributed by atoms with Crippen molar-refractivity contribution in [1.29, 1.82) is 0 Å². The number of anilines is 1. The van der Waals surface area contributed by atoms with E-state index >= 15 is 0 Å². The van der Waals surface area contributed by atoms with Crippen LogP contribution < -0.4 is 5.32 Å². The zero-order valence-corrected chi connectivity index (χ0v) is 16.6. The van der Waals surface area contributed by atoms with E-state index in [2.05, 4.69) is 5.32 Å². The monoisotopic (exact) mass is 418 g/mol. The van der Waals surface area contributed by atoms with Crippen molar-refractivity contribution in [3.8, 4) is 0 Å². The summed E-state index contributed by atoms with van der Waals surface area (Å²) in [5, 5.41) is 13.5. The number of para-hydroxylation sites is 1. The van der Waals surface area contributed by atoms with E-state index < -0.39 is 29.0 Å². The van der Waals surface area contributed by atoms with Crippen molar-refractivity contribution >= 4 is 40.6 Å². The molecule has 1 N–H and O–H groups in total. The van der Waals surface area contributed by atoms with Crippen LogP contribution in [0.1, 0.15) is 34.3 Å². The quantitative estimate of drug-likeness (QED) is 0.299. The van der Waals surface area contributed by atoms with Gasteiger partial charge >= 0.3 is 5.97 Å². The van der Waals surface area contributed by atoms with Crippen LogP contribution in [0.2, 0.25) is 5.02 Å². The van der Waals surface area contributed by atoms with Crippen molar-refractivity contribution in [2.75, 3.05) is 11.9 Å². The Morgan fingerprint density at radius 1 is 1.10 bits per heavy atom. The maximum atomic E-state index is 12.1. The van der Waals surface area contributed by atoms with Crippen LogP contribution in [-0.2, 0) is 14.3 Å². The van der Waals surface area contributed by atoms with Crippen molar-refractivity contribution in [3.05, 3.63) is 68.2 Å². The minimum absolute atomic E-state index is 0.00155. The summed E-state index contributed by atoms with van der Waals surface area (Å²) >= 11 is 5.70. The average molecular weight is 419 g/mol. The van der Waals surface area contributed by atoms with Gasteiger partial charge in [0, 0.05) is 23.7 Å². The fourth-order valence-corrected chi connectivity index (χ4v) is 2.74. The van der Waals surface area contributed by atoms with E-state index in [-0.39, 0.29) is 29.3 Å². The number of amides is 1. The van der Waals surface area contributed by atoms with E-state index in [1.807, 2.05) is 32.0 Å². The number of carbonyl (C=O) groups is 3. The number of ketones is 1. The Labute approximate surface area is 172 Å². The molecule has 0 saturated heterocycles. The molecule has 1 amide bonds. The Hall–Kier alpha value is -3.26. The summed E-state index contributed by atoms with van der Waals surface area (Å²) in [7, 11) is 0. The van der Waals surface area contributed by atoms with Crippen molar-refractivity contribution in [2.24, 2.45) is 0 Å². The summed E-state index contributed by atoms with van der Waals surface area (Å²) in [6.07, 6.45) is -0.308. The molecule has 2 aromatic carbocycles. The van der Waals surface area contributed by atoms with E-state index in [0.29, 0.717) is 5.69 Å². The number of nitrogens with zero attached hydrogens (tertiary/aromatic N) is 1. The molecule has 2 rings (SSSR count). The fraction of sp³-hybridized carbons (Fsp3) is 0.250. The highest BCUT2D eigenvalue weighted by Gasteiger charge is 2.18. The average Bonchev–Trinajstić information content (AvgIpc) is 2.67. The number of ether oxygens (including phenoxy) is 1. The molecule has 0 bridgehead atoms. The molecular formula is C20H19ClN2O6. The molecule has 0 aliphatic heterocycles. The van der Waals surface area contributed by atoms with Gasteiger partial charge in [-0.1, -0.05) is 29.8 Å². The number of hydrogen-bond acceptors (Lipinski definition) is 6. The Kier molecular flexibility index (Phi) is 7.44. The van der Waals surface area contributed by atoms with Gasteiger partial charge in [-0.25, -0.2) is 0 Å². The predicted molar refractivity (Wildman–Crippen MR) is 107 cm³/mol. The Morgan fingerprint density at radius 2 is 1.76 bits per heavy atom. The van der Waals surface area contributed by atoms with Crippen molar-refractivity contribution in [3.63, 3.8) is 0 Å². The lowest BCUT2D eigenvalue weighted by molar-refractivity contribution is -0.384. The van der Waals surface area contributed by atoms with Gasteiger partial charge in [-0.3, -0.25) is 24.5 Å². The number of nitro benzene ring substituents is 1. The van der Waals surface area contributed by atoms with Crippen molar-refractivity contribution in [1.82, 2.24) is 0 Å². The largest absolute Gasteiger partial charge is 0.457 e. The first kappa shape index (κ1) is 22.0. The molecule has 0 fully saturated rings. The molecule has 0 aliphatic rings. The number of esters is 1. The van der Waals surface area contributed by atoms with Gasteiger partial charge in [-0.15, -0.1) is 0 Å². The number of nitro groups is 1. The number of carbonyl (C=O) groups excluding carboxylic acids is 3. The maximum Gasteiger partial charge on any atom is 0.306 e. The molecule has 0 radical (unpaired) electrons. The van der Waals surface area contributed by atoms with E-state index in [1.54, 1.807) is 0 Å². The molecule has 2 aromatic rings. The van der Waals surface area contributed by atoms with Crippen LogP contribution in [0.25, 0.3) is 0 Å². The van der Waals surface area contributed by atoms with Crippen LogP contribution in [0.3, 0.4) is 0 Å². The molecule has 0 aromatic heterocycles. The molecule has 8 nitrogen and oxygen atoms in total. The number of halogens is 1. The third kappa shape index (κ3) is 6.11. The van der Waals surface area contributed by atoms with Gasteiger partial charge < -0.3 is 10.1 Å². The first-order chi connectivity index (χ1) is 13.7. The van der Waals surface area contributed by atoms with Gasteiger partial charge in [-0.05, 0) is 37.1 Å². The summed E-state index contributed by atoms with van der Waals surface area (Å²) in [6, 6.07) is 9.17. The lowest BCUT2D eigenvalue weighted by atomic mass is 10.1. The molecular weight excluding hydrogens is 400 g/mol. The zero-order chi connectivity index (χ0) is 21.6. The Balaban J connectivity index is 1.84. The van der Waals surface area contributed by atoms with Crippen LogP contribution >= 0.6 is 11.6 Å². The van der Waals surface area contributed by atoms with Crippen LogP contribution in [0, 0.1) is 24.0 Å². The number of benzene rings is 2. The van der Waals surface area contributed by atoms with Crippen LogP contribution in [0.4, 0.5) is 11.4 Å². The molecule has 0 atom stereocenters. The maximum absolute atomic E-state index is 12.1. The molecule has 0 heterocycles. The number of Topliss-reactive ketones (excluding diaryl/α,β-unsaturated/α-hetero) is 1. The van der Waals surface area contributed by atoms with Crippen molar-refractivity contribution < 1.29 is 24.0 Å². The zero-order valence-electron chi connectivity index (χ0n) is 15.9. The summed E-state index contributed by atoms with van der Waals surface area (Å²) in [4.78, 5) is 46.1. The molecule has 152 valence electrons. The SMILES string of the molecule is Cc1cccc(C)c1NC(=O)CCC(=O)OCC(=O)c1ccc(Cl)c([N+](=O)[O-])c1. The summed E-state index contributed by atoms with van der Waals surface area (Å²) in [5.74, 6) is -1.68. The predicted octanol–water partition coefficient (Wildman–Crippen LogP) is 4.01. The van der Waals surface area contributed by atoms with Crippen LogP contribution in [0.5, 0.6) is 0 Å². The third-order valence-corrected chi connectivity index (χ3v) is 4.45. The molecule has 29 heavy (non-hydrogen) atoms.